The molecular formula is C10H20O4. The molecule has 14 heavy (non-hydrogen) atoms. The SMILES string of the molecule is C=COC(=O)CCC.OCCCCO. The summed E-state index contributed by atoms with van der Waals surface area (Å²) in [5.41, 5.74) is 0. The largest absolute Gasteiger partial charge is 0.435 e. The third kappa shape index (κ3) is 17.3. The number of unbranched alkanes of at least 4 members (excludes halogenated alkanes) is 1. The molecule has 0 aliphatic heterocycles. The van der Waals surface area contributed by atoms with E-state index < -0.39 is 0 Å². The predicted molar refractivity (Wildman–Crippen MR) is 54.6 cm³/mol. The minimum Gasteiger partial charge on any atom is -0.435 e. The number of aliphatic hydroxyl groups excluding tert-OH is 2. The highest BCUT2D eigenvalue weighted by atomic mass is 16.5. The van der Waals surface area contributed by atoms with E-state index in [1.807, 2.05) is 6.92 Å². The van der Waals surface area contributed by atoms with Gasteiger partial charge in [-0.2, -0.15) is 0 Å². The summed E-state index contributed by atoms with van der Waals surface area (Å²) in [4.78, 5) is 10.3. The molecule has 0 saturated carbocycles. The van der Waals surface area contributed by atoms with Crippen LogP contribution in [0.25, 0.3) is 0 Å². The van der Waals surface area contributed by atoms with E-state index in [-0.39, 0.29) is 19.2 Å². The Bertz CT molecular complexity index is 130. The number of ether oxygens (including phenoxy) is 1. The van der Waals surface area contributed by atoms with Crippen molar-refractivity contribution >= 4 is 5.97 Å². The molecular weight excluding hydrogens is 184 g/mol. The minimum absolute atomic E-state index is 0.195. The van der Waals surface area contributed by atoms with Crippen LogP contribution in [0.4, 0.5) is 0 Å². The number of aliphatic hydroxyl groups is 2. The molecule has 0 rings (SSSR count). The summed E-state index contributed by atoms with van der Waals surface area (Å²) >= 11 is 0. The number of carbonyl (C=O) groups is 1. The zero-order valence-corrected chi connectivity index (χ0v) is 8.74. The van der Waals surface area contributed by atoms with Gasteiger partial charge in [0.05, 0.1) is 6.26 Å². The van der Waals surface area contributed by atoms with Crippen molar-refractivity contribution in [2.75, 3.05) is 13.2 Å². The third-order valence-corrected chi connectivity index (χ3v) is 1.24. The number of hydrogen-bond donors (Lipinski definition) is 2. The second kappa shape index (κ2) is 14.6. The number of hydrogen-bond acceptors (Lipinski definition) is 4. The molecule has 0 bridgehead atoms. The lowest BCUT2D eigenvalue weighted by atomic mass is 10.3. The molecule has 0 saturated heterocycles. The highest BCUT2D eigenvalue weighted by molar-refractivity contribution is 5.69. The van der Waals surface area contributed by atoms with E-state index in [2.05, 4.69) is 11.3 Å². The van der Waals surface area contributed by atoms with Gasteiger partial charge in [-0.3, -0.25) is 4.79 Å². The van der Waals surface area contributed by atoms with Crippen LogP contribution >= 0.6 is 0 Å². The second-order valence-corrected chi connectivity index (χ2v) is 2.56. The van der Waals surface area contributed by atoms with E-state index in [4.69, 9.17) is 10.2 Å². The Kier molecular flexibility index (Phi) is 16.3. The van der Waals surface area contributed by atoms with Crippen molar-refractivity contribution < 1.29 is 19.7 Å². The Labute approximate surface area is 85.2 Å². The smallest absolute Gasteiger partial charge is 0.310 e. The standard InChI is InChI=1S/C6H10O2.C4H10O2/c1-3-5-6(7)8-4-2;5-3-1-2-4-6/h4H,2-3,5H2,1H3;5-6H,1-4H2. The second-order valence-electron chi connectivity index (χ2n) is 2.56. The summed E-state index contributed by atoms with van der Waals surface area (Å²) in [6.07, 6.45) is 3.89. The number of carbonyl (C=O) groups excluding carboxylic acids is 1. The number of rotatable bonds is 6. The van der Waals surface area contributed by atoms with Crippen molar-refractivity contribution in [3.05, 3.63) is 12.8 Å². The van der Waals surface area contributed by atoms with Gasteiger partial charge in [0.25, 0.3) is 0 Å². The molecule has 0 unspecified atom stereocenters. The highest BCUT2D eigenvalue weighted by Gasteiger charge is 1.94. The van der Waals surface area contributed by atoms with Gasteiger partial charge in [-0.05, 0) is 19.3 Å². The predicted octanol–water partition coefficient (Wildman–Crippen LogP) is 1.22. The molecule has 84 valence electrons. The van der Waals surface area contributed by atoms with Gasteiger partial charge in [0, 0.05) is 19.6 Å². The van der Waals surface area contributed by atoms with Crippen molar-refractivity contribution in [1.29, 1.82) is 0 Å². The monoisotopic (exact) mass is 204 g/mol. The summed E-state index contributed by atoms with van der Waals surface area (Å²) in [7, 11) is 0. The van der Waals surface area contributed by atoms with E-state index in [9.17, 15) is 4.79 Å². The summed E-state index contributed by atoms with van der Waals surface area (Å²) in [6.45, 7) is 5.55. The van der Waals surface area contributed by atoms with Crippen LogP contribution in [0.2, 0.25) is 0 Å². The topological polar surface area (TPSA) is 66.8 Å². The van der Waals surface area contributed by atoms with E-state index in [1.54, 1.807) is 0 Å². The molecule has 0 aromatic carbocycles. The van der Waals surface area contributed by atoms with Gasteiger partial charge in [0.15, 0.2) is 0 Å². The maximum Gasteiger partial charge on any atom is 0.310 e. The van der Waals surface area contributed by atoms with Crippen LogP contribution in [0.3, 0.4) is 0 Å². The third-order valence-electron chi connectivity index (χ3n) is 1.24. The molecule has 0 aromatic heterocycles. The average Bonchev–Trinajstić information content (AvgIpc) is 2.16. The fourth-order valence-electron chi connectivity index (χ4n) is 0.580. The van der Waals surface area contributed by atoms with Gasteiger partial charge >= 0.3 is 5.97 Å². The summed E-state index contributed by atoms with van der Waals surface area (Å²) < 4.78 is 4.41. The highest BCUT2D eigenvalue weighted by Crippen LogP contribution is 1.89. The maximum atomic E-state index is 10.3. The van der Waals surface area contributed by atoms with E-state index in [0.29, 0.717) is 6.42 Å². The molecule has 4 nitrogen and oxygen atoms in total. The van der Waals surface area contributed by atoms with Crippen LogP contribution in [0.15, 0.2) is 12.8 Å². The van der Waals surface area contributed by atoms with Gasteiger partial charge in [-0.15, -0.1) is 0 Å². The number of esters is 1. The summed E-state index contributed by atoms with van der Waals surface area (Å²) in [5.74, 6) is -0.206. The maximum absolute atomic E-state index is 10.3. The molecule has 0 radical (unpaired) electrons. The van der Waals surface area contributed by atoms with Crippen molar-refractivity contribution in [3.63, 3.8) is 0 Å². The fraction of sp³-hybridized carbons (Fsp3) is 0.700. The fourth-order valence-corrected chi connectivity index (χ4v) is 0.580. The van der Waals surface area contributed by atoms with Gasteiger partial charge in [0.1, 0.15) is 0 Å². The Morgan fingerprint density at radius 1 is 1.36 bits per heavy atom. The molecule has 0 aliphatic rings. The van der Waals surface area contributed by atoms with Gasteiger partial charge in [0.2, 0.25) is 0 Å². The first-order chi connectivity index (χ1) is 6.72. The molecule has 0 spiro atoms. The van der Waals surface area contributed by atoms with Crippen LogP contribution in [-0.2, 0) is 9.53 Å². The molecule has 0 aliphatic carbocycles. The van der Waals surface area contributed by atoms with E-state index in [0.717, 1.165) is 25.5 Å². The Morgan fingerprint density at radius 3 is 2.14 bits per heavy atom. The lowest BCUT2D eigenvalue weighted by Crippen LogP contribution is -1.96. The molecule has 0 aromatic rings. The van der Waals surface area contributed by atoms with Crippen molar-refractivity contribution in [3.8, 4) is 0 Å². The van der Waals surface area contributed by atoms with Gasteiger partial charge < -0.3 is 14.9 Å². The summed E-state index contributed by atoms with van der Waals surface area (Å²) in [6, 6.07) is 0. The van der Waals surface area contributed by atoms with Crippen LogP contribution < -0.4 is 0 Å². The molecule has 0 atom stereocenters. The molecule has 4 heteroatoms. The first kappa shape index (κ1) is 15.6. The lowest BCUT2D eigenvalue weighted by molar-refractivity contribution is -0.137. The first-order valence-corrected chi connectivity index (χ1v) is 4.75. The Morgan fingerprint density at radius 2 is 1.86 bits per heavy atom. The van der Waals surface area contributed by atoms with Crippen LogP contribution in [0, 0.1) is 0 Å². The minimum atomic E-state index is -0.206. The van der Waals surface area contributed by atoms with Gasteiger partial charge in [-0.25, -0.2) is 0 Å². The average molecular weight is 204 g/mol. The Hall–Kier alpha value is -0.870. The van der Waals surface area contributed by atoms with Crippen molar-refractivity contribution in [2.24, 2.45) is 0 Å². The molecule has 0 fully saturated rings. The van der Waals surface area contributed by atoms with E-state index >= 15 is 0 Å². The quantitative estimate of drug-likeness (QED) is 0.388. The first-order valence-electron chi connectivity index (χ1n) is 4.75. The van der Waals surface area contributed by atoms with Gasteiger partial charge in [-0.1, -0.05) is 13.5 Å². The van der Waals surface area contributed by atoms with Crippen LogP contribution in [-0.4, -0.2) is 29.4 Å². The Balaban J connectivity index is 0. The van der Waals surface area contributed by atoms with Crippen molar-refractivity contribution in [1.82, 2.24) is 0 Å². The van der Waals surface area contributed by atoms with Crippen LogP contribution in [0.1, 0.15) is 32.6 Å². The molecule has 0 heterocycles. The normalized spacial score (nSPS) is 8.50. The van der Waals surface area contributed by atoms with Crippen molar-refractivity contribution in [2.45, 2.75) is 32.6 Å². The van der Waals surface area contributed by atoms with E-state index in [1.165, 1.54) is 0 Å². The zero-order chi connectivity index (χ0) is 11.2. The summed E-state index contributed by atoms with van der Waals surface area (Å²) in [5, 5.41) is 16.2. The van der Waals surface area contributed by atoms with Crippen LogP contribution in [0.5, 0.6) is 0 Å². The zero-order valence-electron chi connectivity index (χ0n) is 8.74. The molecule has 2 N–H and O–H groups in total. The molecule has 0 amide bonds. The lowest BCUT2D eigenvalue weighted by Gasteiger charge is -1.92.